The Morgan fingerprint density at radius 2 is 2.10 bits per heavy atom. The molecular formula is C15H19N3O3. The van der Waals surface area contributed by atoms with E-state index in [0.717, 1.165) is 5.69 Å². The monoisotopic (exact) mass is 289 g/mol. The number of anilines is 1. The highest BCUT2D eigenvalue weighted by Crippen LogP contribution is 2.16. The zero-order valence-corrected chi connectivity index (χ0v) is 12.0. The van der Waals surface area contributed by atoms with E-state index in [9.17, 15) is 4.79 Å². The van der Waals surface area contributed by atoms with Gasteiger partial charge in [0.15, 0.2) is 5.82 Å². The number of hydrogen-bond donors (Lipinski definition) is 1. The number of carboxylic acids is 1. The van der Waals surface area contributed by atoms with E-state index in [1.165, 1.54) is 0 Å². The molecule has 2 aromatic rings. The summed E-state index contributed by atoms with van der Waals surface area (Å²) in [5, 5.41) is 12.7. The van der Waals surface area contributed by atoms with Gasteiger partial charge >= 0.3 is 5.97 Å². The molecule has 112 valence electrons. The zero-order chi connectivity index (χ0) is 15.1. The molecule has 2 rings (SSSR count). The lowest BCUT2D eigenvalue weighted by Crippen LogP contribution is -2.25. The van der Waals surface area contributed by atoms with Gasteiger partial charge in [-0.25, -0.2) is 0 Å². The molecule has 1 aromatic heterocycles. The van der Waals surface area contributed by atoms with E-state index >= 15 is 0 Å². The van der Waals surface area contributed by atoms with Crippen LogP contribution in [0.2, 0.25) is 0 Å². The Morgan fingerprint density at radius 3 is 2.71 bits per heavy atom. The normalized spacial score (nSPS) is 10.5. The third-order valence-electron chi connectivity index (χ3n) is 3.08. The summed E-state index contributed by atoms with van der Waals surface area (Å²) in [5.41, 5.74) is 1.02. The summed E-state index contributed by atoms with van der Waals surface area (Å²) in [4.78, 5) is 17.0. The minimum Gasteiger partial charge on any atom is -0.481 e. The van der Waals surface area contributed by atoms with Crippen molar-refractivity contribution in [3.05, 3.63) is 42.0 Å². The predicted molar refractivity (Wildman–Crippen MR) is 78.0 cm³/mol. The first-order valence-electron chi connectivity index (χ1n) is 7.02. The minimum absolute atomic E-state index is 0.149. The Labute approximate surface area is 123 Å². The smallest absolute Gasteiger partial charge is 0.303 e. The van der Waals surface area contributed by atoms with Crippen molar-refractivity contribution in [2.75, 3.05) is 11.4 Å². The second-order valence-corrected chi connectivity index (χ2v) is 4.71. The van der Waals surface area contributed by atoms with Gasteiger partial charge in [-0.1, -0.05) is 30.3 Å². The standard InChI is InChI=1S/C15H19N3O3/c1-2-14-16-13(17-21-14)11-18(10-6-9-15(19)20)12-7-4-3-5-8-12/h3-5,7-8H,2,6,9-11H2,1H3,(H,19,20). The van der Waals surface area contributed by atoms with E-state index in [-0.39, 0.29) is 6.42 Å². The highest BCUT2D eigenvalue weighted by Gasteiger charge is 2.12. The van der Waals surface area contributed by atoms with Gasteiger partial charge < -0.3 is 14.5 Å². The van der Waals surface area contributed by atoms with Gasteiger partial charge in [0.25, 0.3) is 0 Å². The van der Waals surface area contributed by atoms with Crippen LogP contribution in [0.4, 0.5) is 5.69 Å². The maximum Gasteiger partial charge on any atom is 0.303 e. The quantitative estimate of drug-likeness (QED) is 0.804. The minimum atomic E-state index is -0.782. The third kappa shape index (κ3) is 4.59. The summed E-state index contributed by atoms with van der Waals surface area (Å²) in [7, 11) is 0. The molecule has 0 aliphatic heterocycles. The van der Waals surface area contributed by atoms with E-state index in [4.69, 9.17) is 9.63 Å². The fraction of sp³-hybridized carbons (Fsp3) is 0.400. The van der Waals surface area contributed by atoms with Gasteiger partial charge in [-0.15, -0.1) is 0 Å². The molecule has 1 aromatic carbocycles. The molecule has 0 saturated carbocycles. The molecule has 1 N–H and O–H groups in total. The second kappa shape index (κ2) is 7.42. The Hall–Kier alpha value is -2.37. The lowest BCUT2D eigenvalue weighted by Gasteiger charge is -2.23. The first-order chi connectivity index (χ1) is 10.2. The predicted octanol–water partition coefficient (Wildman–Crippen LogP) is 2.50. The van der Waals surface area contributed by atoms with E-state index in [0.29, 0.717) is 37.6 Å². The highest BCUT2D eigenvalue weighted by molar-refractivity contribution is 5.66. The molecule has 0 aliphatic rings. The number of aliphatic carboxylic acids is 1. The molecule has 1 heterocycles. The number of para-hydroxylation sites is 1. The number of rotatable bonds is 8. The lowest BCUT2D eigenvalue weighted by molar-refractivity contribution is -0.137. The number of aromatic nitrogens is 2. The SMILES string of the molecule is CCc1nc(CN(CCCC(=O)O)c2ccccc2)no1. The molecule has 0 atom stereocenters. The molecule has 6 nitrogen and oxygen atoms in total. The second-order valence-electron chi connectivity index (χ2n) is 4.71. The van der Waals surface area contributed by atoms with Crippen LogP contribution >= 0.6 is 0 Å². The maximum atomic E-state index is 10.7. The third-order valence-corrected chi connectivity index (χ3v) is 3.08. The van der Waals surface area contributed by atoms with Crippen LogP contribution < -0.4 is 4.90 Å². The number of aryl methyl sites for hydroxylation is 1. The molecular weight excluding hydrogens is 270 g/mol. The van der Waals surface area contributed by atoms with Gasteiger partial charge in [-0.05, 0) is 18.6 Å². The summed E-state index contributed by atoms with van der Waals surface area (Å²) in [6, 6.07) is 9.83. The molecule has 0 bridgehead atoms. The Kier molecular flexibility index (Phi) is 5.31. The van der Waals surface area contributed by atoms with Crippen LogP contribution in [0.5, 0.6) is 0 Å². The largest absolute Gasteiger partial charge is 0.481 e. The number of carbonyl (C=O) groups is 1. The molecule has 0 amide bonds. The van der Waals surface area contributed by atoms with Gasteiger partial charge in [0, 0.05) is 25.1 Å². The average Bonchev–Trinajstić information content (AvgIpc) is 2.94. The highest BCUT2D eigenvalue weighted by atomic mass is 16.5. The molecule has 0 unspecified atom stereocenters. The van der Waals surface area contributed by atoms with Crippen molar-refractivity contribution in [2.45, 2.75) is 32.7 Å². The van der Waals surface area contributed by atoms with Crippen LogP contribution in [0.1, 0.15) is 31.5 Å². The van der Waals surface area contributed by atoms with Crippen LogP contribution in [-0.2, 0) is 17.8 Å². The molecule has 0 fully saturated rings. The van der Waals surface area contributed by atoms with Crippen molar-refractivity contribution in [1.29, 1.82) is 0 Å². The average molecular weight is 289 g/mol. The number of nitrogens with zero attached hydrogens (tertiary/aromatic N) is 3. The number of benzene rings is 1. The van der Waals surface area contributed by atoms with Gasteiger partial charge in [0.1, 0.15) is 0 Å². The van der Waals surface area contributed by atoms with Crippen LogP contribution in [0, 0.1) is 0 Å². The van der Waals surface area contributed by atoms with Gasteiger partial charge in [-0.3, -0.25) is 4.79 Å². The van der Waals surface area contributed by atoms with Crippen molar-refractivity contribution < 1.29 is 14.4 Å². The van der Waals surface area contributed by atoms with E-state index in [1.807, 2.05) is 37.3 Å². The summed E-state index contributed by atoms with van der Waals surface area (Å²) in [6.45, 7) is 3.10. The van der Waals surface area contributed by atoms with Gasteiger partial charge in [0.2, 0.25) is 5.89 Å². The lowest BCUT2D eigenvalue weighted by atomic mass is 10.2. The number of carboxylic acid groups (broad SMARTS) is 1. The van der Waals surface area contributed by atoms with Crippen LogP contribution in [-0.4, -0.2) is 27.8 Å². The summed E-state index contributed by atoms with van der Waals surface area (Å²) in [6.07, 6.45) is 1.43. The zero-order valence-electron chi connectivity index (χ0n) is 12.0. The van der Waals surface area contributed by atoms with Crippen LogP contribution in [0.3, 0.4) is 0 Å². The Morgan fingerprint density at radius 1 is 1.33 bits per heavy atom. The summed E-state index contributed by atoms with van der Waals surface area (Å²) < 4.78 is 5.11. The fourth-order valence-electron chi connectivity index (χ4n) is 2.03. The van der Waals surface area contributed by atoms with Crippen molar-refractivity contribution in [2.24, 2.45) is 0 Å². The van der Waals surface area contributed by atoms with Crippen molar-refractivity contribution in [1.82, 2.24) is 10.1 Å². The first-order valence-corrected chi connectivity index (χ1v) is 7.02. The summed E-state index contributed by atoms with van der Waals surface area (Å²) in [5.74, 6) is 0.449. The van der Waals surface area contributed by atoms with Crippen LogP contribution in [0.15, 0.2) is 34.9 Å². The first kappa shape index (κ1) is 15.0. The molecule has 21 heavy (non-hydrogen) atoms. The van der Waals surface area contributed by atoms with Crippen molar-refractivity contribution in [3.8, 4) is 0 Å². The number of hydrogen-bond acceptors (Lipinski definition) is 5. The van der Waals surface area contributed by atoms with Crippen molar-refractivity contribution in [3.63, 3.8) is 0 Å². The topological polar surface area (TPSA) is 79.5 Å². The molecule has 0 radical (unpaired) electrons. The van der Waals surface area contributed by atoms with Crippen LogP contribution in [0.25, 0.3) is 0 Å². The van der Waals surface area contributed by atoms with E-state index in [2.05, 4.69) is 15.0 Å². The van der Waals surface area contributed by atoms with E-state index in [1.54, 1.807) is 0 Å². The van der Waals surface area contributed by atoms with Gasteiger partial charge in [0.05, 0.1) is 6.54 Å². The molecule has 0 saturated heterocycles. The maximum absolute atomic E-state index is 10.7. The Bertz CT molecular complexity index is 569. The summed E-state index contributed by atoms with van der Waals surface area (Å²) >= 11 is 0. The molecule has 6 heteroatoms. The molecule has 0 aliphatic carbocycles. The Balaban J connectivity index is 2.05. The van der Waals surface area contributed by atoms with Crippen molar-refractivity contribution >= 4 is 11.7 Å². The molecule has 0 spiro atoms. The van der Waals surface area contributed by atoms with E-state index < -0.39 is 5.97 Å². The fourth-order valence-corrected chi connectivity index (χ4v) is 2.03. The van der Waals surface area contributed by atoms with Gasteiger partial charge in [-0.2, -0.15) is 4.98 Å².